The van der Waals surface area contributed by atoms with E-state index in [1.165, 1.54) is 0 Å². The zero-order valence-electron chi connectivity index (χ0n) is 16.9. The van der Waals surface area contributed by atoms with Gasteiger partial charge in [-0.2, -0.15) is 5.26 Å². The van der Waals surface area contributed by atoms with Crippen molar-refractivity contribution in [2.75, 3.05) is 5.32 Å². The number of hydrogen-bond donors (Lipinski definition) is 4. The van der Waals surface area contributed by atoms with E-state index >= 15 is 0 Å². The number of aliphatic hydroxyl groups is 1. The van der Waals surface area contributed by atoms with Crippen LogP contribution in [-0.2, 0) is 6.61 Å². The van der Waals surface area contributed by atoms with E-state index in [2.05, 4.69) is 16.4 Å². The summed E-state index contributed by atoms with van der Waals surface area (Å²) in [6, 6.07) is 13.5. The van der Waals surface area contributed by atoms with E-state index in [9.17, 15) is 10.4 Å². The molecule has 1 aromatic heterocycles. The van der Waals surface area contributed by atoms with Gasteiger partial charge in [0.15, 0.2) is 0 Å². The zero-order valence-corrected chi connectivity index (χ0v) is 16.9. The molecule has 1 fully saturated rings. The molecule has 0 aliphatic heterocycles. The van der Waals surface area contributed by atoms with Gasteiger partial charge < -0.3 is 20.9 Å². The van der Waals surface area contributed by atoms with Gasteiger partial charge in [-0.05, 0) is 30.9 Å². The number of benzene rings is 1. The standard InChI is InChI=1S/C20H23N5O2.C2H6/c21-11-14-10-15(26)6-7-16(14)25-17-8-9-24-20(18(17)19(22)23)27-12-13-4-2-1-3-5-13;1-2/h1-5,8-9,14-16,26H,6-7,10,12H2,(H3,22,23)(H,24,25);1-2H3/t14?,15-,16+;/m0./s1. The van der Waals surface area contributed by atoms with Crippen molar-refractivity contribution in [2.45, 2.75) is 51.9 Å². The first kappa shape index (κ1) is 22.2. The minimum Gasteiger partial charge on any atom is -0.472 e. The summed E-state index contributed by atoms with van der Waals surface area (Å²) in [6.07, 6.45) is 2.88. The number of nitrogens with one attached hydrogen (secondary N) is 2. The van der Waals surface area contributed by atoms with Crippen molar-refractivity contribution in [3.05, 3.63) is 53.7 Å². The molecule has 0 amide bonds. The molecule has 7 nitrogen and oxygen atoms in total. The number of nitrogens with zero attached hydrogens (tertiary/aromatic N) is 2. The van der Waals surface area contributed by atoms with Gasteiger partial charge in [0.25, 0.3) is 0 Å². The lowest BCUT2D eigenvalue weighted by Crippen LogP contribution is -2.37. The van der Waals surface area contributed by atoms with Gasteiger partial charge in [0.2, 0.25) is 5.88 Å². The lowest BCUT2D eigenvalue weighted by molar-refractivity contribution is 0.109. The smallest absolute Gasteiger partial charge is 0.226 e. The lowest BCUT2D eigenvalue weighted by Gasteiger charge is -2.32. The molecule has 154 valence electrons. The number of nitriles is 1. The Morgan fingerprint density at radius 2 is 2.03 bits per heavy atom. The lowest BCUT2D eigenvalue weighted by atomic mass is 9.83. The maximum atomic E-state index is 9.80. The maximum Gasteiger partial charge on any atom is 0.226 e. The Morgan fingerprint density at radius 3 is 2.69 bits per heavy atom. The van der Waals surface area contributed by atoms with Crippen molar-refractivity contribution in [1.82, 2.24) is 4.98 Å². The summed E-state index contributed by atoms with van der Waals surface area (Å²) in [4.78, 5) is 4.23. The van der Waals surface area contributed by atoms with Crippen LogP contribution in [0.15, 0.2) is 42.6 Å². The first-order valence-electron chi connectivity index (χ1n) is 9.93. The van der Waals surface area contributed by atoms with Crippen molar-refractivity contribution in [3.8, 4) is 11.9 Å². The Balaban J connectivity index is 0.00000145. The molecule has 1 heterocycles. The van der Waals surface area contributed by atoms with Crippen LogP contribution in [0, 0.1) is 22.7 Å². The summed E-state index contributed by atoms with van der Waals surface area (Å²) >= 11 is 0. The van der Waals surface area contributed by atoms with E-state index < -0.39 is 6.10 Å². The normalized spacial score (nSPS) is 20.6. The summed E-state index contributed by atoms with van der Waals surface area (Å²) < 4.78 is 5.81. The molecule has 1 unspecified atom stereocenters. The SMILES string of the molecule is CC.N#CC1C[C@@H](O)CC[C@H]1Nc1ccnc(OCc2ccccc2)c1C(=N)N. The van der Waals surface area contributed by atoms with Crippen LogP contribution in [0.5, 0.6) is 5.88 Å². The molecular weight excluding hydrogens is 366 g/mol. The molecule has 1 aliphatic rings. The third kappa shape index (κ3) is 5.93. The van der Waals surface area contributed by atoms with Crippen LogP contribution in [0.1, 0.15) is 44.2 Å². The Bertz CT molecular complexity index is 835. The predicted octanol–water partition coefficient (Wildman–Crippen LogP) is 3.44. The number of aliphatic hydroxyl groups excluding tert-OH is 1. The van der Waals surface area contributed by atoms with Crippen LogP contribution < -0.4 is 15.8 Å². The highest BCUT2D eigenvalue weighted by atomic mass is 16.5. The van der Waals surface area contributed by atoms with Gasteiger partial charge in [0.05, 0.1) is 23.8 Å². The van der Waals surface area contributed by atoms with E-state index in [0.717, 1.165) is 5.56 Å². The van der Waals surface area contributed by atoms with Crippen LogP contribution in [0.4, 0.5) is 5.69 Å². The number of nitrogen functional groups attached to an aromatic ring is 1. The average molecular weight is 396 g/mol. The number of pyridine rings is 1. The third-order valence-corrected chi connectivity index (χ3v) is 4.73. The molecule has 0 bridgehead atoms. The zero-order chi connectivity index (χ0) is 21.2. The van der Waals surface area contributed by atoms with Gasteiger partial charge in [0, 0.05) is 12.2 Å². The maximum absolute atomic E-state index is 9.80. The Hall–Kier alpha value is -3.11. The largest absolute Gasteiger partial charge is 0.472 e. The van der Waals surface area contributed by atoms with Crippen LogP contribution >= 0.6 is 0 Å². The van der Waals surface area contributed by atoms with Crippen LogP contribution in [-0.4, -0.2) is 28.1 Å². The summed E-state index contributed by atoms with van der Waals surface area (Å²) in [5, 5.41) is 30.5. The first-order valence-corrected chi connectivity index (χ1v) is 9.93. The van der Waals surface area contributed by atoms with Crippen molar-refractivity contribution >= 4 is 11.5 Å². The van der Waals surface area contributed by atoms with Crippen molar-refractivity contribution in [2.24, 2.45) is 11.7 Å². The molecule has 0 spiro atoms. The van der Waals surface area contributed by atoms with E-state index in [1.807, 2.05) is 44.2 Å². The summed E-state index contributed by atoms with van der Waals surface area (Å²) in [7, 11) is 0. The monoisotopic (exact) mass is 395 g/mol. The highest BCUT2D eigenvalue weighted by molar-refractivity contribution is 6.02. The second-order valence-corrected chi connectivity index (χ2v) is 6.68. The molecule has 29 heavy (non-hydrogen) atoms. The first-order chi connectivity index (χ1) is 14.1. The van der Waals surface area contributed by atoms with Crippen LogP contribution in [0.25, 0.3) is 0 Å². The molecule has 3 rings (SSSR count). The second-order valence-electron chi connectivity index (χ2n) is 6.68. The van der Waals surface area contributed by atoms with Gasteiger partial charge in [-0.1, -0.05) is 44.2 Å². The molecule has 0 radical (unpaired) electrons. The number of rotatable bonds is 6. The molecular formula is C22H29N5O2. The minimum atomic E-state index is -0.442. The Labute approximate surface area is 172 Å². The summed E-state index contributed by atoms with van der Waals surface area (Å²) in [5.74, 6) is -0.186. The fourth-order valence-corrected chi connectivity index (χ4v) is 3.32. The summed E-state index contributed by atoms with van der Waals surface area (Å²) in [5.41, 5.74) is 7.78. The Kier molecular flexibility index (Phi) is 8.44. The number of amidine groups is 1. The molecule has 1 saturated carbocycles. The number of aromatic nitrogens is 1. The fraction of sp³-hybridized carbons (Fsp3) is 0.409. The third-order valence-electron chi connectivity index (χ3n) is 4.73. The van der Waals surface area contributed by atoms with Crippen molar-refractivity contribution in [3.63, 3.8) is 0 Å². The van der Waals surface area contributed by atoms with Crippen molar-refractivity contribution in [1.29, 1.82) is 10.7 Å². The van der Waals surface area contributed by atoms with E-state index in [0.29, 0.717) is 37.1 Å². The Morgan fingerprint density at radius 1 is 1.31 bits per heavy atom. The average Bonchev–Trinajstić information content (AvgIpc) is 2.75. The predicted molar refractivity (Wildman–Crippen MR) is 114 cm³/mol. The van der Waals surface area contributed by atoms with Crippen LogP contribution in [0.3, 0.4) is 0 Å². The van der Waals surface area contributed by atoms with Crippen molar-refractivity contribution < 1.29 is 9.84 Å². The topological polar surface area (TPSA) is 128 Å². The van der Waals surface area contributed by atoms with E-state index in [-0.39, 0.29) is 23.7 Å². The van der Waals surface area contributed by atoms with E-state index in [1.54, 1.807) is 12.3 Å². The molecule has 5 N–H and O–H groups in total. The van der Waals surface area contributed by atoms with Gasteiger partial charge in [-0.3, -0.25) is 5.41 Å². The quantitative estimate of drug-likeness (QED) is 0.438. The number of hydrogen-bond acceptors (Lipinski definition) is 6. The van der Waals surface area contributed by atoms with Gasteiger partial charge in [-0.25, -0.2) is 4.98 Å². The van der Waals surface area contributed by atoms with Gasteiger partial charge >= 0.3 is 0 Å². The minimum absolute atomic E-state index is 0.124. The molecule has 1 aromatic carbocycles. The summed E-state index contributed by atoms with van der Waals surface area (Å²) in [6.45, 7) is 4.31. The van der Waals surface area contributed by atoms with Gasteiger partial charge in [0.1, 0.15) is 18.0 Å². The molecule has 1 aliphatic carbocycles. The molecule has 7 heteroatoms. The molecule has 2 aromatic rings. The number of nitrogens with two attached hydrogens (primary N) is 1. The number of ether oxygens (including phenoxy) is 1. The van der Waals surface area contributed by atoms with Gasteiger partial charge in [-0.15, -0.1) is 0 Å². The molecule has 0 saturated heterocycles. The highest BCUT2D eigenvalue weighted by Gasteiger charge is 2.30. The number of anilines is 1. The highest BCUT2D eigenvalue weighted by Crippen LogP contribution is 2.31. The second kappa shape index (κ2) is 11.0. The van der Waals surface area contributed by atoms with E-state index in [4.69, 9.17) is 15.9 Å². The fourth-order valence-electron chi connectivity index (χ4n) is 3.32. The van der Waals surface area contributed by atoms with Crippen LogP contribution in [0.2, 0.25) is 0 Å². The molecule has 3 atom stereocenters.